The van der Waals surface area contributed by atoms with E-state index >= 15 is 0 Å². The summed E-state index contributed by atoms with van der Waals surface area (Å²) >= 11 is 0. The molecule has 1 fully saturated rings. The van der Waals surface area contributed by atoms with E-state index in [9.17, 15) is 9.18 Å². The Kier molecular flexibility index (Phi) is 5.31. The standard InChI is InChI=1S/C16H23FN2O2/c1-18(2)10-12-5-7-19(8-6-12)11-13-3-4-15(17)14(9-13)16(20)21/h3-4,9,12H,5-8,10-11H2,1-2H3,(H,20,21). The summed E-state index contributed by atoms with van der Waals surface area (Å²) in [5.74, 6) is -1.14. The van der Waals surface area contributed by atoms with Crippen LogP contribution in [0.2, 0.25) is 0 Å². The van der Waals surface area contributed by atoms with Crippen molar-refractivity contribution < 1.29 is 14.3 Å². The van der Waals surface area contributed by atoms with Crippen molar-refractivity contribution in [2.24, 2.45) is 5.92 Å². The molecule has 5 heteroatoms. The van der Waals surface area contributed by atoms with Crippen molar-refractivity contribution in [3.8, 4) is 0 Å². The maximum Gasteiger partial charge on any atom is 0.338 e. The molecule has 21 heavy (non-hydrogen) atoms. The first kappa shape index (κ1) is 15.9. The van der Waals surface area contributed by atoms with E-state index in [1.165, 1.54) is 12.1 Å². The molecule has 0 atom stereocenters. The Balaban J connectivity index is 1.92. The summed E-state index contributed by atoms with van der Waals surface area (Å²) in [7, 11) is 4.19. The van der Waals surface area contributed by atoms with Gasteiger partial charge >= 0.3 is 5.97 Å². The lowest BCUT2D eigenvalue weighted by Crippen LogP contribution is -2.36. The summed E-state index contributed by atoms with van der Waals surface area (Å²) in [5.41, 5.74) is 0.620. The second-order valence-electron chi connectivity index (χ2n) is 6.10. The SMILES string of the molecule is CN(C)CC1CCN(Cc2ccc(F)c(C(=O)O)c2)CC1. The predicted octanol–water partition coefficient (Wildman–Crippen LogP) is 2.30. The van der Waals surface area contributed by atoms with Gasteiger partial charge in [0.15, 0.2) is 0 Å². The zero-order valence-corrected chi connectivity index (χ0v) is 12.7. The van der Waals surface area contributed by atoms with Crippen LogP contribution < -0.4 is 0 Å². The maximum absolute atomic E-state index is 13.4. The quantitative estimate of drug-likeness (QED) is 0.905. The maximum atomic E-state index is 13.4. The van der Waals surface area contributed by atoms with Crippen LogP contribution in [0.15, 0.2) is 18.2 Å². The normalized spacial score (nSPS) is 17.3. The lowest BCUT2D eigenvalue weighted by Gasteiger charge is -2.33. The molecule has 1 N–H and O–H groups in total. The van der Waals surface area contributed by atoms with Crippen LogP contribution in [0.25, 0.3) is 0 Å². The monoisotopic (exact) mass is 294 g/mol. The molecular formula is C16H23FN2O2. The zero-order valence-electron chi connectivity index (χ0n) is 12.7. The minimum atomic E-state index is -1.21. The molecule has 2 rings (SSSR count). The zero-order chi connectivity index (χ0) is 15.4. The van der Waals surface area contributed by atoms with Crippen LogP contribution in [-0.4, -0.2) is 54.6 Å². The number of piperidine rings is 1. The van der Waals surface area contributed by atoms with Crippen molar-refractivity contribution in [2.75, 3.05) is 33.7 Å². The van der Waals surface area contributed by atoms with Gasteiger partial charge in [0.2, 0.25) is 0 Å². The van der Waals surface area contributed by atoms with E-state index in [0.29, 0.717) is 6.54 Å². The Hall–Kier alpha value is -1.46. The summed E-state index contributed by atoms with van der Waals surface area (Å²) in [6.07, 6.45) is 2.32. The van der Waals surface area contributed by atoms with Crippen LogP contribution in [0.3, 0.4) is 0 Å². The third kappa shape index (κ3) is 4.51. The highest BCUT2D eigenvalue weighted by Gasteiger charge is 2.20. The Morgan fingerprint density at radius 1 is 1.38 bits per heavy atom. The number of carbonyl (C=O) groups is 1. The fourth-order valence-corrected chi connectivity index (χ4v) is 2.94. The van der Waals surface area contributed by atoms with Gasteiger partial charge in [0.05, 0.1) is 5.56 Å². The summed E-state index contributed by atoms with van der Waals surface area (Å²) in [6, 6.07) is 4.37. The molecule has 1 heterocycles. The van der Waals surface area contributed by atoms with Crippen molar-refractivity contribution in [1.29, 1.82) is 0 Å². The van der Waals surface area contributed by atoms with Crippen LogP contribution in [0.4, 0.5) is 4.39 Å². The van der Waals surface area contributed by atoms with Crippen LogP contribution >= 0.6 is 0 Å². The number of hydrogen-bond donors (Lipinski definition) is 1. The number of nitrogens with zero attached hydrogens (tertiary/aromatic N) is 2. The van der Waals surface area contributed by atoms with E-state index in [1.807, 2.05) is 0 Å². The summed E-state index contributed by atoms with van der Waals surface area (Å²) in [5, 5.41) is 8.96. The van der Waals surface area contributed by atoms with Gasteiger partial charge in [-0.3, -0.25) is 4.90 Å². The smallest absolute Gasteiger partial charge is 0.338 e. The molecule has 0 bridgehead atoms. The highest BCUT2D eigenvalue weighted by Crippen LogP contribution is 2.20. The first-order chi connectivity index (χ1) is 9.95. The van der Waals surface area contributed by atoms with Gasteiger partial charge in [-0.2, -0.15) is 0 Å². The molecule has 0 radical (unpaired) electrons. The molecule has 116 valence electrons. The molecule has 0 aromatic heterocycles. The van der Waals surface area contributed by atoms with Gasteiger partial charge in [0.25, 0.3) is 0 Å². The molecule has 0 unspecified atom stereocenters. The fourth-order valence-electron chi connectivity index (χ4n) is 2.94. The first-order valence-electron chi connectivity index (χ1n) is 7.34. The molecular weight excluding hydrogens is 271 g/mol. The Bertz CT molecular complexity index is 497. The summed E-state index contributed by atoms with van der Waals surface area (Å²) in [6.45, 7) is 3.83. The van der Waals surface area contributed by atoms with Crippen LogP contribution in [-0.2, 0) is 6.54 Å². The van der Waals surface area contributed by atoms with E-state index < -0.39 is 11.8 Å². The largest absolute Gasteiger partial charge is 0.478 e. The van der Waals surface area contributed by atoms with Gasteiger partial charge in [-0.1, -0.05) is 6.07 Å². The van der Waals surface area contributed by atoms with Crippen LogP contribution in [0.1, 0.15) is 28.8 Å². The van der Waals surface area contributed by atoms with E-state index in [2.05, 4.69) is 23.9 Å². The number of benzene rings is 1. The van der Waals surface area contributed by atoms with Crippen LogP contribution in [0.5, 0.6) is 0 Å². The molecule has 4 nitrogen and oxygen atoms in total. The molecule has 1 saturated heterocycles. The van der Waals surface area contributed by atoms with E-state index in [4.69, 9.17) is 5.11 Å². The molecule has 0 amide bonds. The number of rotatable bonds is 5. The molecule has 0 spiro atoms. The van der Waals surface area contributed by atoms with Gasteiger partial charge in [-0.05, 0) is 63.6 Å². The second kappa shape index (κ2) is 7.00. The summed E-state index contributed by atoms with van der Waals surface area (Å²) in [4.78, 5) is 15.5. The van der Waals surface area contributed by atoms with Gasteiger partial charge in [0, 0.05) is 13.1 Å². The van der Waals surface area contributed by atoms with E-state index in [1.54, 1.807) is 6.07 Å². The highest BCUT2D eigenvalue weighted by atomic mass is 19.1. The van der Waals surface area contributed by atoms with Crippen LogP contribution in [0, 0.1) is 11.7 Å². The molecule has 0 aliphatic carbocycles. The van der Waals surface area contributed by atoms with Gasteiger partial charge in [0.1, 0.15) is 5.82 Å². The topological polar surface area (TPSA) is 43.8 Å². The van der Waals surface area contributed by atoms with Gasteiger partial charge < -0.3 is 10.0 Å². The van der Waals surface area contributed by atoms with E-state index in [-0.39, 0.29) is 5.56 Å². The van der Waals surface area contributed by atoms with Crippen molar-refractivity contribution in [3.05, 3.63) is 35.1 Å². The fraction of sp³-hybridized carbons (Fsp3) is 0.562. The number of aromatic carboxylic acids is 1. The average molecular weight is 294 g/mol. The molecule has 1 aliphatic heterocycles. The second-order valence-corrected chi connectivity index (χ2v) is 6.10. The third-order valence-corrected chi connectivity index (χ3v) is 4.00. The lowest BCUT2D eigenvalue weighted by molar-refractivity contribution is 0.0691. The molecule has 1 aromatic rings. The van der Waals surface area contributed by atoms with Crippen molar-refractivity contribution in [2.45, 2.75) is 19.4 Å². The third-order valence-electron chi connectivity index (χ3n) is 4.00. The van der Waals surface area contributed by atoms with E-state index in [0.717, 1.165) is 44.0 Å². The average Bonchev–Trinajstić information content (AvgIpc) is 2.42. The van der Waals surface area contributed by atoms with Gasteiger partial charge in [-0.25, -0.2) is 9.18 Å². The summed E-state index contributed by atoms with van der Waals surface area (Å²) < 4.78 is 13.4. The Morgan fingerprint density at radius 3 is 2.62 bits per heavy atom. The number of carboxylic acids is 1. The number of hydrogen-bond acceptors (Lipinski definition) is 3. The minimum Gasteiger partial charge on any atom is -0.478 e. The Morgan fingerprint density at radius 2 is 2.05 bits per heavy atom. The number of halogens is 1. The molecule has 0 saturated carbocycles. The predicted molar refractivity (Wildman–Crippen MR) is 79.9 cm³/mol. The van der Waals surface area contributed by atoms with Crippen molar-refractivity contribution >= 4 is 5.97 Å². The number of likely N-dealkylation sites (tertiary alicyclic amines) is 1. The first-order valence-corrected chi connectivity index (χ1v) is 7.34. The minimum absolute atomic E-state index is 0.241. The number of carboxylic acid groups (broad SMARTS) is 1. The lowest BCUT2D eigenvalue weighted by atomic mass is 9.96. The highest BCUT2D eigenvalue weighted by molar-refractivity contribution is 5.88. The van der Waals surface area contributed by atoms with Gasteiger partial charge in [-0.15, -0.1) is 0 Å². The van der Waals surface area contributed by atoms with Crippen molar-refractivity contribution in [3.63, 3.8) is 0 Å². The molecule has 1 aromatic carbocycles. The molecule has 1 aliphatic rings. The van der Waals surface area contributed by atoms with Crippen molar-refractivity contribution in [1.82, 2.24) is 9.80 Å². The Labute approximate surface area is 125 Å².